The van der Waals surface area contributed by atoms with Gasteiger partial charge >= 0.3 is 12.2 Å². The number of carbonyl (C=O) groups excluding carboxylic acids is 1. The molecule has 2 fully saturated rings. The second kappa shape index (κ2) is 9.47. The van der Waals surface area contributed by atoms with Crippen LogP contribution in [0.15, 0.2) is 30.3 Å². The number of aromatic nitrogens is 2. The number of hydrogen-bond donors (Lipinski definition) is 1. The molecule has 2 amide bonds. The van der Waals surface area contributed by atoms with Gasteiger partial charge in [0.05, 0.1) is 23.7 Å². The van der Waals surface area contributed by atoms with Crippen LogP contribution in [0, 0.1) is 0 Å². The lowest BCUT2D eigenvalue weighted by Crippen LogP contribution is -2.53. The number of nitrogens with zero attached hydrogens (tertiary/aromatic N) is 3. The van der Waals surface area contributed by atoms with Crippen molar-refractivity contribution in [3.63, 3.8) is 0 Å². The molecule has 2 atom stereocenters. The predicted octanol–water partition coefficient (Wildman–Crippen LogP) is 3.25. The Kier molecular flexibility index (Phi) is 6.79. The first-order valence-electron chi connectivity index (χ1n) is 11.2. The van der Waals surface area contributed by atoms with Crippen LogP contribution in [0.3, 0.4) is 0 Å². The monoisotopic (exact) mass is 500 g/mol. The fourth-order valence-corrected chi connectivity index (χ4v) is 5.72. The molecule has 2 aromatic rings. The number of alkyl halides is 3. The lowest BCUT2D eigenvalue weighted by atomic mass is 9.83. The van der Waals surface area contributed by atoms with Crippen LogP contribution < -0.4 is 4.74 Å². The SMILES string of the molecule is CCOc1cc(C2CC(c3ccc(C(F)(F)F)cc3)CN(C(=O)N3CCS(=O)(=O)CC3)C2)[nH]n1. The van der Waals surface area contributed by atoms with Crippen molar-refractivity contribution in [3.8, 4) is 5.88 Å². The van der Waals surface area contributed by atoms with Crippen molar-refractivity contribution in [2.45, 2.75) is 31.4 Å². The summed E-state index contributed by atoms with van der Waals surface area (Å²) in [5, 5.41) is 7.10. The van der Waals surface area contributed by atoms with E-state index in [0.29, 0.717) is 37.6 Å². The average molecular weight is 501 g/mol. The summed E-state index contributed by atoms with van der Waals surface area (Å²) in [5.41, 5.74) is 0.765. The summed E-state index contributed by atoms with van der Waals surface area (Å²) in [4.78, 5) is 16.5. The molecule has 2 aliphatic heterocycles. The van der Waals surface area contributed by atoms with Gasteiger partial charge in [-0.3, -0.25) is 5.10 Å². The van der Waals surface area contributed by atoms with Gasteiger partial charge in [0, 0.05) is 49.8 Å². The minimum Gasteiger partial charge on any atom is -0.477 e. The second-order valence-electron chi connectivity index (χ2n) is 8.67. The van der Waals surface area contributed by atoms with Gasteiger partial charge in [0.25, 0.3) is 0 Å². The van der Waals surface area contributed by atoms with E-state index in [4.69, 9.17) is 4.74 Å². The molecule has 3 heterocycles. The Morgan fingerprint density at radius 2 is 1.76 bits per heavy atom. The van der Waals surface area contributed by atoms with Crippen LogP contribution >= 0.6 is 0 Å². The first-order valence-corrected chi connectivity index (χ1v) is 13.0. The number of H-pyrrole nitrogens is 1. The summed E-state index contributed by atoms with van der Waals surface area (Å²) >= 11 is 0. The number of aromatic amines is 1. The Labute approximate surface area is 196 Å². The van der Waals surface area contributed by atoms with Crippen molar-refractivity contribution in [1.29, 1.82) is 0 Å². The molecule has 0 radical (unpaired) electrons. The van der Waals surface area contributed by atoms with E-state index >= 15 is 0 Å². The summed E-state index contributed by atoms with van der Waals surface area (Å²) < 4.78 is 68.0. The van der Waals surface area contributed by atoms with Crippen LogP contribution in [-0.4, -0.2) is 78.7 Å². The number of nitrogens with one attached hydrogen (secondary N) is 1. The van der Waals surface area contributed by atoms with Gasteiger partial charge in [-0.25, -0.2) is 13.2 Å². The number of hydrogen-bond acceptors (Lipinski definition) is 5. The number of likely N-dealkylation sites (tertiary alicyclic amines) is 1. The van der Waals surface area contributed by atoms with Crippen LogP contribution in [0.1, 0.15) is 42.0 Å². The highest BCUT2D eigenvalue weighted by Gasteiger charge is 2.37. The number of piperidine rings is 1. The van der Waals surface area contributed by atoms with E-state index in [1.54, 1.807) is 11.0 Å². The van der Waals surface area contributed by atoms with Gasteiger partial charge in [0.15, 0.2) is 9.84 Å². The Morgan fingerprint density at radius 3 is 2.38 bits per heavy atom. The number of urea groups is 1. The summed E-state index contributed by atoms with van der Waals surface area (Å²) in [5.74, 6) is -0.0430. The molecule has 1 aromatic heterocycles. The van der Waals surface area contributed by atoms with Gasteiger partial charge in [-0.05, 0) is 31.0 Å². The van der Waals surface area contributed by atoms with E-state index in [0.717, 1.165) is 17.8 Å². The molecule has 1 aromatic carbocycles. The number of benzene rings is 1. The van der Waals surface area contributed by atoms with E-state index in [1.807, 2.05) is 6.92 Å². The van der Waals surface area contributed by atoms with E-state index < -0.39 is 21.6 Å². The summed E-state index contributed by atoms with van der Waals surface area (Å²) in [6.07, 6.45) is -3.81. The van der Waals surface area contributed by atoms with E-state index in [1.165, 1.54) is 17.0 Å². The molecule has 1 N–H and O–H groups in total. The largest absolute Gasteiger partial charge is 0.477 e. The molecule has 0 saturated carbocycles. The summed E-state index contributed by atoms with van der Waals surface area (Å²) in [6.45, 7) is 3.27. The summed E-state index contributed by atoms with van der Waals surface area (Å²) in [6, 6.07) is 6.56. The number of ether oxygens (including phenoxy) is 1. The maximum atomic E-state index is 13.3. The molecule has 12 heteroatoms. The molecule has 4 rings (SSSR count). The molecular weight excluding hydrogens is 473 g/mol. The Balaban J connectivity index is 1.57. The fourth-order valence-electron chi connectivity index (χ4n) is 4.52. The molecule has 2 aliphatic rings. The topological polar surface area (TPSA) is 95.6 Å². The number of carbonyl (C=O) groups is 1. The number of rotatable bonds is 4. The Bertz CT molecular complexity index is 1100. The lowest BCUT2D eigenvalue weighted by molar-refractivity contribution is -0.137. The highest BCUT2D eigenvalue weighted by molar-refractivity contribution is 7.91. The molecule has 2 saturated heterocycles. The molecule has 8 nitrogen and oxygen atoms in total. The lowest BCUT2D eigenvalue weighted by Gasteiger charge is -2.40. The molecule has 186 valence electrons. The standard InChI is InChI=1S/C22H27F3N4O4S/c1-2-33-20-12-19(26-27-20)17-11-16(15-3-5-18(6-4-15)22(23,24)25)13-29(14-17)21(30)28-7-9-34(31,32)10-8-28/h3-6,12,16-17H,2,7-11,13-14H2,1H3,(H,26,27). The van der Waals surface area contributed by atoms with Crippen LogP contribution in [0.4, 0.5) is 18.0 Å². The van der Waals surface area contributed by atoms with Gasteiger partial charge in [0.2, 0.25) is 5.88 Å². The summed E-state index contributed by atoms with van der Waals surface area (Å²) in [7, 11) is -3.14. The van der Waals surface area contributed by atoms with Crippen molar-refractivity contribution in [2.75, 3.05) is 44.3 Å². The molecule has 0 spiro atoms. The van der Waals surface area contributed by atoms with Gasteiger partial charge in [-0.15, -0.1) is 5.10 Å². The highest BCUT2D eigenvalue weighted by atomic mass is 32.2. The molecule has 0 aliphatic carbocycles. The molecular formula is C22H27F3N4O4S. The van der Waals surface area contributed by atoms with Gasteiger partial charge < -0.3 is 14.5 Å². The van der Waals surface area contributed by atoms with E-state index in [9.17, 15) is 26.4 Å². The maximum Gasteiger partial charge on any atom is 0.416 e. The normalized spacial score (nSPS) is 23.1. The van der Waals surface area contributed by atoms with Crippen LogP contribution in [-0.2, 0) is 16.0 Å². The maximum absolute atomic E-state index is 13.3. The molecule has 34 heavy (non-hydrogen) atoms. The van der Waals surface area contributed by atoms with Crippen molar-refractivity contribution in [3.05, 3.63) is 47.2 Å². The van der Waals surface area contributed by atoms with Crippen molar-refractivity contribution >= 4 is 15.9 Å². The number of amides is 2. The third kappa shape index (κ3) is 5.48. The average Bonchev–Trinajstić information content (AvgIpc) is 3.27. The van der Waals surface area contributed by atoms with Gasteiger partial charge in [0.1, 0.15) is 0 Å². The third-order valence-corrected chi connectivity index (χ3v) is 7.96. The predicted molar refractivity (Wildman–Crippen MR) is 118 cm³/mol. The first kappa shape index (κ1) is 24.4. The first-order chi connectivity index (χ1) is 16.1. The van der Waals surface area contributed by atoms with Gasteiger partial charge in [-0.1, -0.05) is 12.1 Å². The zero-order valence-corrected chi connectivity index (χ0v) is 19.5. The molecule has 0 bridgehead atoms. The highest BCUT2D eigenvalue weighted by Crippen LogP contribution is 2.38. The van der Waals surface area contributed by atoms with Crippen molar-refractivity contribution in [1.82, 2.24) is 20.0 Å². The second-order valence-corrected chi connectivity index (χ2v) is 11.0. The number of halogens is 3. The van der Waals surface area contributed by atoms with E-state index in [2.05, 4.69) is 10.2 Å². The van der Waals surface area contributed by atoms with Crippen LogP contribution in [0.5, 0.6) is 5.88 Å². The zero-order chi connectivity index (χ0) is 24.5. The smallest absolute Gasteiger partial charge is 0.416 e. The Morgan fingerprint density at radius 1 is 1.12 bits per heavy atom. The molecule has 2 unspecified atom stereocenters. The quantitative estimate of drug-likeness (QED) is 0.696. The number of sulfone groups is 1. The van der Waals surface area contributed by atoms with Gasteiger partial charge in [-0.2, -0.15) is 13.2 Å². The van der Waals surface area contributed by atoms with Crippen molar-refractivity contribution < 1.29 is 31.1 Å². The van der Waals surface area contributed by atoms with Crippen LogP contribution in [0.2, 0.25) is 0 Å². The van der Waals surface area contributed by atoms with Crippen LogP contribution in [0.25, 0.3) is 0 Å². The third-order valence-electron chi connectivity index (χ3n) is 6.35. The Hall–Kier alpha value is -2.76. The van der Waals surface area contributed by atoms with Crippen molar-refractivity contribution in [2.24, 2.45) is 0 Å². The minimum atomic E-state index is -4.42. The zero-order valence-electron chi connectivity index (χ0n) is 18.7. The fraction of sp³-hybridized carbons (Fsp3) is 0.545. The van der Waals surface area contributed by atoms with E-state index in [-0.39, 0.29) is 42.5 Å². The minimum absolute atomic E-state index is 0.0728.